The Hall–Kier alpha value is -2.24. The number of ether oxygens (including phenoxy) is 3. The molecule has 0 spiro atoms. The maximum Gasteiger partial charge on any atom is 0.302 e. The van der Waals surface area contributed by atoms with Crippen molar-refractivity contribution in [1.82, 2.24) is 0 Å². The molecule has 0 radical (unpaired) electrons. The molecule has 0 saturated heterocycles. The van der Waals surface area contributed by atoms with Crippen LogP contribution in [-0.2, 0) is 25.5 Å². The van der Waals surface area contributed by atoms with Crippen LogP contribution in [-0.4, -0.2) is 36.4 Å². The smallest absolute Gasteiger partial charge is 0.302 e. The van der Waals surface area contributed by atoms with Crippen molar-refractivity contribution >= 4 is 11.9 Å². The molecule has 2 atom stereocenters. The van der Waals surface area contributed by atoms with E-state index in [2.05, 4.69) is 0 Å². The van der Waals surface area contributed by atoms with E-state index in [4.69, 9.17) is 14.2 Å². The van der Waals surface area contributed by atoms with Crippen molar-refractivity contribution < 1.29 is 28.9 Å². The fraction of sp³-hybridized carbons (Fsp3) is 0.579. The summed E-state index contributed by atoms with van der Waals surface area (Å²) in [6, 6.07) is 5.20. The highest BCUT2D eigenvalue weighted by Crippen LogP contribution is 2.27. The van der Waals surface area contributed by atoms with Gasteiger partial charge >= 0.3 is 11.9 Å². The second-order valence-electron chi connectivity index (χ2n) is 6.03. The molecule has 1 N–H and O–H groups in total. The average molecular weight is 352 g/mol. The first-order valence-corrected chi connectivity index (χ1v) is 8.56. The van der Waals surface area contributed by atoms with Crippen molar-refractivity contribution in [1.29, 1.82) is 0 Å². The van der Waals surface area contributed by atoms with Gasteiger partial charge in [-0.1, -0.05) is 19.4 Å². The third-order valence-electron chi connectivity index (χ3n) is 3.80. The van der Waals surface area contributed by atoms with Crippen molar-refractivity contribution in [3.8, 4) is 11.5 Å². The number of rotatable bonds is 10. The van der Waals surface area contributed by atoms with Crippen molar-refractivity contribution in [2.45, 2.75) is 65.1 Å². The van der Waals surface area contributed by atoms with Gasteiger partial charge in [0.25, 0.3) is 0 Å². The fourth-order valence-corrected chi connectivity index (χ4v) is 2.75. The van der Waals surface area contributed by atoms with Gasteiger partial charge < -0.3 is 19.3 Å². The molecule has 0 heterocycles. The third kappa shape index (κ3) is 7.92. The highest BCUT2D eigenvalue weighted by molar-refractivity contribution is 5.66. The Labute approximate surface area is 149 Å². The summed E-state index contributed by atoms with van der Waals surface area (Å²) in [6.45, 7) is 4.76. The predicted octanol–water partition coefficient (Wildman–Crippen LogP) is 3.39. The Balaban J connectivity index is 2.72. The van der Waals surface area contributed by atoms with Crippen LogP contribution in [0.1, 0.15) is 52.0 Å². The molecule has 0 aromatic heterocycles. The Morgan fingerprint density at radius 3 is 2.16 bits per heavy atom. The van der Waals surface area contributed by atoms with E-state index in [-0.39, 0.29) is 29.9 Å². The van der Waals surface area contributed by atoms with Crippen molar-refractivity contribution in [3.63, 3.8) is 0 Å². The van der Waals surface area contributed by atoms with Crippen LogP contribution in [0.4, 0.5) is 0 Å². The van der Waals surface area contributed by atoms with Gasteiger partial charge in [-0.25, -0.2) is 0 Å². The molecule has 6 heteroatoms. The summed E-state index contributed by atoms with van der Waals surface area (Å²) in [5.41, 5.74) is 0.912. The zero-order valence-electron chi connectivity index (χ0n) is 15.4. The molecule has 1 aromatic carbocycles. The predicted molar refractivity (Wildman–Crippen MR) is 93.6 cm³/mol. The molecule has 0 saturated carbocycles. The molecule has 6 nitrogen and oxygen atoms in total. The van der Waals surface area contributed by atoms with Crippen LogP contribution in [0.3, 0.4) is 0 Å². The third-order valence-corrected chi connectivity index (χ3v) is 3.80. The minimum absolute atomic E-state index is 0.0767. The maximum atomic E-state index is 11.4. The molecule has 25 heavy (non-hydrogen) atoms. The summed E-state index contributed by atoms with van der Waals surface area (Å²) in [4.78, 5) is 22.6. The number of phenols is 1. The minimum Gasteiger partial charge on any atom is -0.504 e. The van der Waals surface area contributed by atoms with Crippen LogP contribution in [0.2, 0.25) is 0 Å². The molecule has 0 aliphatic heterocycles. The summed E-state index contributed by atoms with van der Waals surface area (Å²) in [5, 5.41) is 9.85. The van der Waals surface area contributed by atoms with Gasteiger partial charge in [0.2, 0.25) is 0 Å². The molecule has 140 valence electrons. The second kappa shape index (κ2) is 10.6. The number of aromatic hydroxyl groups is 1. The Kier molecular flexibility index (Phi) is 8.81. The number of hydrogen-bond acceptors (Lipinski definition) is 6. The first-order chi connectivity index (χ1) is 11.8. The summed E-state index contributed by atoms with van der Waals surface area (Å²) in [7, 11) is 1.49. The standard InChI is InChI=1S/C19H28O6/c1-5-6-16(24-13(2)20)12-17(25-14(3)21)9-7-15-8-10-19(23-4)18(22)11-15/h8,10-11,16-17,22H,5-7,9,12H2,1-4H3. The lowest BCUT2D eigenvalue weighted by Gasteiger charge is -2.23. The lowest BCUT2D eigenvalue weighted by atomic mass is 10.00. The molecule has 2 unspecified atom stereocenters. The van der Waals surface area contributed by atoms with Crippen LogP contribution >= 0.6 is 0 Å². The largest absolute Gasteiger partial charge is 0.504 e. The molecule has 0 amide bonds. The number of aryl methyl sites for hydroxylation is 1. The number of benzene rings is 1. The van der Waals surface area contributed by atoms with Crippen LogP contribution in [0.5, 0.6) is 11.5 Å². The molecular weight excluding hydrogens is 324 g/mol. The summed E-state index contributed by atoms with van der Waals surface area (Å²) in [5.74, 6) is -0.202. The number of esters is 2. The average Bonchev–Trinajstić information content (AvgIpc) is 2.52. The summed E-state index contributed by atoms with van der Waals surface area (Å²) in [6.07, 6.45) is 2.64. The number of carbonyl (C=O) groups excluding carboxylic acids is 2. The SMILES string of the molecule is CCCC(CC(CCc1ccc(OC)c(O)c1)OC(C)=O)OC(C)=O. The molecule has 0 aliphatic carbocycles. The van der Waals surface area contributed by atoms with Gasteiger partial charge in [0.05, 0.1) is 7.11 Å². The van der Waals surface area contributed by atoms with E-state index in [0.29, 0.717) is 25.0 Å². The highest BCUT2D eigenvalue weighted by Gasteiger charge is 2.21. The highest BCUT2D eigenvalue weighted by atomic mass is 16.6. The number of methoxy groups -OCH3 is 1. The van der Waals surface area contributed by atoms with Gasteiger partial charge in [-0.05, 0) is 37.0 Å². The van der Waals surface area contributed by atoms with E-state index < -0.39 is 0 Å². The first kappa shape index (κ1) is 20.8. The van der Waals surface area contributed by atoms with Gasteiger partial charge in [0.1, 0.15) is 12.2 Å². The van der Waals surface area contributed by atoms with Crippen LogP contribution in [0.15, 0.2) is 18.2 Å². The molecular formula is C19H28O6. The summed E-state index contributed by atoms with van der Waals surface area (Å²) >= 11 is 0. The van der Waals surface area contributed by atoms with Crippen LogP contribution in [0, 0.1) is 0 Å². The fourth-order valence-electron chi connectivity index (χ4n) is 2.75. The second-order valence-corrected chi connectivity index (χ2v) is 6.03. The molecule has 1 aromatic rings. The molecule has 0 fully saturated rings. The van der Waals surface area contributed by atoms with Gasteiger partial charge in [-0.15, -0.1) is 0 Å². The van der Waals surface area contributed by atoms with E-state index in [0.717, 1.165) is 18.4 Å². The van der Waals surface area contributed by atoms with E-state index in [1.807, 2.05) is 13.0 Å². The van der Waals surface area contributed by atoms with E-state index in [1.54, 1.807) is 12.1 Å². The molecule has 1 rings (SSSR count). The zero-order chi connectivity index (χ0) is 18.8. The summed E-state index contributed by atoms with van der Waals surface area (Å²) < 4.78 is 15.7. The Bertz CT molecular complexity index is 569. The monoisotopic (exact) mass is 352 g/mol. The molecule has 0 aliphatic rings. The van der Waals surface area contributed by atoms with Gasteiger partial charge in [0.15, 0.2) is 11.5 Å². The molecule has 0 bridgehead atoms. The van der Waals surface area contributed by atoms with E-state index in [9.17, 15) is 14.7 Å². The topological polar surface area (TPSA) is 82.1 Å². The lowest BCUT2D eigenvalue weighted by Crippen LogP contribution is -2.26. The number of hydrogen-bond donors (Lipinski definition) is 1. The van der Waals surface area contributed by atoms with Crippen LogP contribution < -0.4 is 4.74 Å². The minimum atomic E-state index is -0.361. The van der Waals surface area contributed by atoms with Crippen LogP contribution in [0.25, 0.3) is 0 Å². The van der Waals surface area contributed by atoms with E-state index in [1.165, 1.54) is 21.0 Å². The van der Waals surface area contributed by atoms with Gasteiger partial charge in [-0.2, -0.15) is 0 Å². The lowest BCUT2D eigenvalue weighted by molar-refractivity contribution is -0.153. The normalized spacial score (nSPS) is 13.0. The zero-order valence-corrected chi connectivity index (χ0v) is 15.4. The van der Waals surface area contributed by atoms with Gasteiger partial charge in [-0.3, -0.25) is 9.59 Å². The van der Waals surface area contributed by atoms with Crippen molar-refractivity contribution in [3.05, 3.63) is 23.8 Å². The van der Waals surface area contributed by atoms with Crippen molar-refractivity contribution in [2.24, 2.45) is 0 Å². The maximum absolute atomic E-state index is 11.4. The van der Waals surface area contributed by atoms with Crippen molar-refractivity contribution in [2.75, 3.05) is 7.11 Å². The number of phenolic OH excluding ortho intramolecular Hbond substituents is 1. The first-order valence-electron chi connectivity index (χ1n) is 8.56. The Morgan fingerprint density at radius 1 is 1.08 bits per heavy atom. The quantitative estimate of drug-likeness (QED) is 0.650. The van der Waals surface area contributed by atoms with E-state index >= 15 is 0 Å². The number of carbonyl (C=O) groups is 2. The Morgan fingerprint density at radius 2 is 1.68 bits per heavy atom. The van der Waals surface area contributed by atoms with Gasteiger partial charge in [0, 0.05) is 20.3 Å².